The van der Waals surface area contributed by atoms with Crippen LogP contribution in [0.15, 0.2) is 36.4 Å². The molecule has 0 aliphatic carbocycles. The SMILES string of the molecule is NCC(=O)Nc1ccc(N)c(N)n1.Nc1ccccc1OC(=O)CN1CCCCC1. The average molecular weight is 415 g/mol. The van der Waals surface area contributed by atoms with E-state index in [4.69, 9.17) is 27.7 Å². The van der Waals surface area contributed by atoms with Crippen LogP contribution in [0.1, 0.15) is 19.3 Å². The first kappa shape index (κ1) is 22.9. The van der Waals surface area contributed by atoms with Crippen molar-refractivity contribution in [3.63, 3.8) is 0 Å². The van der Waals surface area contributed by atoms with Gasteiger partial charge >= 0.3 is 5.97 Å². The van der Waals surface area contributed by atoms with Gasteiger partial charge in [0.2, 0.25) is 5.91 Å². The van der Waals surface area contributed by atoms with E-state index in [0.717, 1.165) is 13.1 Å². The van der Waals surface area contributed by atoms with Gasteiger partial charge in [0.05, 0.1) is 24.5 Å². The van der Waals surface area contributed by atoms with Gasteiger partial charge < -0.3 is 33.0 Å². The molecule has 0 spiro atoms. The van der Waals surface area contributed by atoms with E-state index in [2.05, 4.69) is 15.2 Å². The zero-order chi connectivity index (χ0) is 21.9. The molecule has 2 aromatic rings. The third kappa shape index (κ3) is 7.57. The number of benzene rings is 1. The van der Waals surface area contributed by atoms with E-state index < -0.39 is 0 Å². The van der Waals surface area contributed by atoms with Crippen LogP contribution in [0, 0.1) is 0 Å². The molecule has 10 nitrogen and oxygen atoms in total. The summed E-state index contributed by atoms with van der Waals surface area (Å²) >= 11 is 0. The molecule has 1 aromatic carbocycles. The number of amides is 1. The van der Waals surface area contributed by atoms with E-state index in [1.54, 1.807) is 30.3 Å². The van der Waals surface area contributed by atoms with Gasteiger partial charge in [-0.05, 0) is 50.2 Å². The summed E-state index contributed by atoms with van der Waals surface area (Å²) in [5.41, 5.74) is 22.5. The van der Waals surface area contributed by atoms with E-state index in [-0.39, 0.29) is 24.2 Å². The fraction of sp³-hybridized carbons (Fsp3) is 0.350. The number of piperidine rings is 1. The zero-order valence-corrected chi connectivity index (χ0v) is 16.8. The lowest BCUT2D eigenvalue weighted by Gasteiger charge is -2.25. The summed E-state index contributed by atoms with van der Waals surface area (Å²) in [5, 5.41) is 2.45. The molecule has 162 valence electrons. The molecular weight excluding hydrogens is 386 g/mol. The number of para-hydroxylation sites is 2. The standard InChI is InChI=1S/C13H18N2O2.C7H11N5O/c14-11-6-2-3-7-12(11)17-13(16)10-15-8-4-1-5-9-15;8-3-6(13)11-5-2-1-4(9)7(10)12-5/h2-3,6-7H,1,4-5,8-10,14H2;1-2H,3,8-9H2,(H3,10,11,12,13). The Morgan fingerprint density at radius 2 is 1.70 bits per heavy atom. The quantitative estimate of drug-likeness (QED) is 0.268. The number of anilines is 4. The Morgan fingerprint density at radius 3 is 2.33 bits per heavy atom. The lowest BCUT2D eigenvalue weighted by Crippen LogP contribution is -2.36. The number of nitrogen functional groups attached to an aromatic ring is 3. The topological polar surface area (TPSA) is 176 Å². The number of rotatable bonds is 5. The summed E-state index contributed by atoms with van der Waals surface area (Å²) in [6.07, 6.45) is 3.60. The highest BCUT2D eigenvalue weighted by Crippen LogP contribution is 2.20. The molecule has 0 unspecified atom stereocenters. The number of likely N-dealkylation sites (tertiary alicyclic amines) is 1. The maximum atomic E-state index is 11.7. The van der Waals surface area contributed by atoms with E-state index in [0.29, 0.717) is 29.5 Å². The molecule has 10 heteroatoms. The smallest absolute Gasteiger partial charge is 0.325 e. The first-order valence-corrected chi connectivity index (χ1v) is 9.68. The van der Waals surface area contributed by atoms with E-state index >= 15 is 0 Å². The Balaban J connectivity index is 0.000000222. The molecule has 1 aliphatic rings. The first-order chi connectivity index (χ1) is 14.4. The first-order valence-electron chi connectivity index (χ1n) is 9.68. The molecule has 0 bridgehead atoms. The van der Waals surface area contributed by atoms with Crippen LogP contribution >= 0.6 is 0 Å². The summed E-state index contributed by atoms with van der Waals surface area (Å²) in [4.78, 5) is 28.5. The molecule has 1 saturated heterocycles. The summed E-state index contributed by atoms with van der Waals surface area (Å²) in [6, 6.07) is 10.2. The van der Waals surface area contributed by atoms with Gasteiger partial charge in [0.15, 0.2) is 5.75 Å². The van der Waals surface area contributed by atoms with Crippen molar-refractivity contribution in [1.82, 2.24) is 9.88 Å². The maximum Gasteiger partial charge on any atom is 0.325 e. The van der Waals surface area contributed by atoms with Crippen molar-refractivity contribution in [3.8, 4) is 5.75 Å². The molecule has 0 radical (unpaired) electrons. The van der Waals surface area contributed by atoms with Crippen LogP contribution in [0.25, 0.3) is 0 Å². The van der Waals surface area contributed by atoms with Crippen LogP contribution in [-0.4, -0.2) is 47.9 Å². The largest absolute Gasteiger partial charge is 0.423 e. The number of carbonyl (C=O) groups excluding carboxylic acids is 2. The van der Waals surface area contributed by atoms with Crippen molar-refractivity contribution >= 4 is 34.9 Å². The number of carbonyl (C=O) groups is 2. The highest BCUT2D eigenvalue weighted by Gasteiger charge is 2.15. The highest BCUT2D eigenvalue weighted by molar-refractivity contribution is 5.91. The van der Waals surface area contributed by atoms with Crippen molar-refractivity contribution in [2.24, 2.45) is 5.73 Å². The number of aromatic nitrogens is 1. The molecule has 0 saturated carbocycles. The van der Waals surface area contributed by atoms with Gasteiger partial charge in [-0.25, -0.2) is 4.98 Å². The van der Waals surface area contributed by atoms with Crippen molar-refractivity contribution in [2.75, 3.05) is 48.7 Å². The van der Waals surface area contributed by atoms with Gasteiger partial charge in [-0.3, -0.25) is 14.5 Å². The third-order valence-corrected chi connectivity index (χ3v) is 4.35. The fourth-order valence-corrected chi connectivity index (χ4v) is 2.78. The van der Waals surface area contributed by atoms with Gasteiger partial charge in [0.25, 0.3) is 0 Å². The van der Waals surface area contributed by atoms with Crippen molar-refractivity contribution in [2.45, 2.75) is 19.3 Å². The molecule has 3 rings (SSSR count). The number of ether oxygens (including phenoxy) is 1. The van der Waals surface area contributed by atoms with E-state index in [1.165, 1.54) is 19.3 Å². The number of hydrogen-bond acceptors (Lipinski definition) is 9. The van der Waals surface area contributed by atoms with Crippen molar-refractivity contribution in [1.29, 1.82) is 0 Å². The molecule has 30 heavy (non-hydrogen) atoms. The normalized spacial score (nSPS) is 13.6. The fourth-order valence-electron chi connectivity index (χ4n) is 2.78. The van der Waals surface area contributed by atoms with Crippen LogP contribution in [-0.2, 0) is 9.59 Å². The minimum atomic E-state index is -0.323. The average Bonchev–Trinajstić information content (AvgIpc) is 2.73. The monoisotopic (exact) mass is 415 g/mol. The minimum Gasteiger partial charge on any atom is -0.423 e. The second-order valence-corrected chi connectivity index (χ2v) is 6.77. The number of esters is 1. The van der Waals surface area contributed by atoms with Gasteiger partial charge in [-0.1, -0.05) is 18.6 Å². The van der Waals surface area contributed by atoms with Gasteiger partial charge in [-0.2, -0.15) is 0 Å². The van der Waals surface area contributed by atoms with Crippen LogP contribution in [0.4, 0.5) is 23.0 Å². The molecule has 1 fully saturated rings. The van der Waals surface area contributed by atoms with E-state index in [1.807, 2.05) is 6.07 Å². The van der Waals surface area contributed by atoms with Crippen molar-refractivity contribution < 1.29 is 14.3 Å². The molecule has 9 N–H and O–H groups in total. The summed E-state index contributed by atoms with van der Waals surface area (Å²) in [6.45, 7) is 2.24. The van der Waals surface area contributed by atoms with Crippen LogP contribution in [0.5, 0.6) is 5.75 Å². The maximum absolute atomic E-state index is 11.7. The molecule has 1 aromatic heterocycles. The Bertz CT molecular complexity index is 854. The molecule has 1 amide bonds. The summed E-state index contributed by atoms with van der Waals surface area (Å²) < 4.78 is 5.24. The van der Waals surface area contributed by atoms with Gasteiger partial charge in [-0.15, -0.1) is 0 Å². The van der Waals surface area contributed by atoms with Gasteiger partial charge in [0.1, 0.15) is 11.6 Å². The summed E-state index contributed by atoms with van der Waals surface area (Å²) in [5.74, 6) is 0.438. The molecule has 0 atom stereocenters. The predicted octanol–water partition coefficient (Wildman–Crippen LogP) is 0.803. The zero-order valence-electron chi connectivity index (χ0n) is 16.8. The number of pyridine rings is 1. The Hall–Kier alpha value is -3.37. The number of nitrogens with one attached hydrogen (secondary N) is 1. The van der Waals surface area contributed by atoms with Crippen LogP contribution < -0.4 is 33.0 Å². The second-order valence-electron chi connectivity index (χ2n) is 6.77. The predicted molar refractivity (Wildman–Crippen MR) is 118 cm³/mol. The molecular formula is C20H29N7O3. The Kier molecular flexibility index (Phi) is 8.85. The third-order valence-electron chi connectivity index (χ3n) is 4.35. The Labute approximate surface area is 175 Å². The Morgan fingerprint density at radius 1 is 1.00 bits per heavy atom. The number of hydrogen-bond donors (Lipinski definition) is 5. The molecule has 2 heterocycles. The minimum absolute atomic E-state index is 0.0913. The molecule has 1 aliphatic heterocycles. The van der Waals surface area contributed by atoms with Crippen LogP contribution in [0.3, 0.4) is 0 Å². The number of nitrogens with two attached hydrogens (primary N) is 4. The highest BCUT2D eigenvalue weighted by atomic mass is 16.5. The van der Waals surface area contributed by atoms with Gasteiger partial charge in [0, 0.05) is 0 Å². The lowest BCUT2D eigenvalue weighted by atomic mass is 10.1. The lowest BCUT2D eigenvalue weighted by molar-refractivity contribution is -0.135. The van der Waals surface area contributed by atoms with E-state index in [9.17, 15) is 9.59 Å². The van der Waals surface area contributed by atoms with Crippen LogP contribution in [0.2, 0.25) is 0 Å². The summed E-state index contributed by atoms with van der Waals surface area (Å²) in [7, 11) is 0. The number of nitrogens with zero attached hydrogens (tertiary/aromatic N) is 2. The second kappa shape index (κ2) is 11.6. The van der Waals surface area contributed by atoms with Crippen molar-refractivity contribution in [3.05, 3.63) is 36.4 Å².